The molecule has 2 aromatic carbocycles. The summed E-state index contributed by atoms with van der Waals surface area (Å²) in [5, 5.41) is 8.06. The monoisotopic (exact) mass is 477 g/mol. The standard InChI is InChI=1S/C25H28BrN5/c1-18-9-4-6-11-20(18)17-30(3)14-8-13-27-24-15-23(21-12-7-5-10-19(21)2)29-25-22(26)16-28-31(24)25/h4-7,9-12,15-16,27H,8,13-14,17H2,1-3H3. The van der Waals surface area contributed by atoms with E-state index in [1.165, 1.54) is 16.7 Å². The predicted molar refractivity (Wildman–Crippen MR) is 131 cm³/mol. The van der Waals surface area contributed by atoms with Crippen LogP contribution in [0.25, 0.3) is 16.9 Å². The third-order valence-electron chi connectivity index (χ3n) is 5.57. The maximum absolute atomic E-state index is 4.84. The maximum Gasteiger partial charge on any atom is 0.172 e. The van der Waals surface area contributed by atoms with Gasteiger partial charge in [-0.1, -0.05) is 48.5 Å². The summed E-state index contributed by atoms with van der Waals surface area (Å²) in [5.74, 6) is 0.954. The molecule has 0 saturated carbocycles. The first kappa shape index (κ1) is 21.5. The Balaban J connectivity index is 1.45. The van der Waals surface area contributed by atoms with Crippen molar-refractivity contribution in [2.24, 2.45) is 0 Å². The second-order valence-corrected chi connectivity index (χ2v) is 8.87. The molecule has 0 aliphatic rings. The molecule has 6 heteroatoms. The van der Waals surface area contributed by atoms with Gasteiger partial charge in [0.05, 0.1) is 16.4 Å². The average Bonchev–Trinajstić information content (AvgIpc) is 3.14. The summed E-state index contributed by atoms with van der Waals surface area (Å²) in [6.45, 7) is 7.14. The fourth-order valence-electron chi connectivity index (χ4n) is 3.78. The van der Waals surface area contributed by atoms with Crippen molar-refractivity contribution in [3.05, 3.63) is 82.0 Å². The highest BCUT2D eigenvalue weighted by atomic mass is 79.9. The van der Waals surface area contributed by atoms with Crippen LogP contribution in [0.15, 0.2) is 65.3 Å². The molecule has 31 heavy (non-hydrogen) atoms. The van der Waals surface area contributed by atoms with Crippen LogP contribution in [0.2, 0.25) is 0 Å². The lowest BCUT2D eigenvalue weighted by atomic mass is 10.1. The topological polar surface area (TPSA) is 45.5 Å². The molecule has 0 atom stereocenters. The molecule has 1 N–H and O–H groups in total. The number of halogens is 1. The number of hydrogen-bond acceptors (Lipinski definition) is 4. The number of hydrogen-bond donors (Lipinski definition) is 1. The Hall–Kier alpha value is -2.70. The molecule has 0 spiro atoms. The van der Waals surface area contributed by atoms with Crippen molar-refractivity contribution in [2.75, 3.05) is 25.5 Å². The van der Waals surface area contributed by atoms with Crippen LogP contribution >= 0.6 is 15.9 Å². The summed E-state index contributed by atoms with van der Waals surface area (Å²) in [7, 11) is 2.18. The number of anilines is 1. The van der Waals surface area contributed by atoms with Gasteiger partial charge in [0.1, 0.15) is 5.82 Å². The normalized spacial score (nSPS) is 11.4. The molecule has 2 aromatic heterocycles. The molecule has 2 heterocycles. The molecule has 0 radical (unpaired) electrons. The van der Waals surface area contributed by atoms with Crippen LogP contribution in [-0.4, -0.2) is 39.6 Å². The molecule has 0 saturated heterocycles. The number of benzene rings is 2. The lowest BCUT2D eigenvalue weighted by Crippen LogP contribution is -2.22. The minimum atomic E-state index is 0.819. The highest BCUT2D eigenvalue weighted by Gasteiger charge is 2.12. The molecule has 0 bridgehead atoms. The second-order valence-electron chi connectivity index (χ2n) is 8.01. The van der Waals surface area contributed by atoms with Crippen molar-refractivity contribution < 1.29 is 0 Å². The van der Waals surface area contributed by atoms with E-state index in [1.54, 1.807) is 6.20 Å². The number of nitrogens with zero attached hydrogens (tertiary/aromatic N) is 4. The lowest BCUT2D eigenvalue weighted by Gasteiger charge is -2.18. The summed E-state index contributed by atoms with van der Waals surface area (Å²) >= 11 is 3.58. The van der Waals surface area contributed by atoms with Crippen LogP contribution in [-0.2, 0) is 6.54 Å². The SMILES string of the molecule is Cc1ccccc1CN(C)CCCNc1cc(-c2ccccc2C)nc2c(Br)cnn12. The van der Waals surface area contributed by atoms with Crippen molar-refractivity contribution in [1.29, 1.82) is 0 Å². The highest BCUT2D eigenvalue weighted by Crippen LogP contribution is 2.27. The van der Waals surface area contributed by atoms with E-state index in [0.29, 0.717) is 0 Å². The zero-order chi connectivity index (χ0) is 21.8. The van der Waals surface area contributed by atoms with Gasteiger partial charge in [-0.05, 0) is 66.5 Å². The number of aromatic nitrogens is 3. The van der Waals surface area contributed by atoms with Crippen LogP contribution in [0, 0.1) is 13.8 Å². The Morgan fingerprint density at radius 1 is 1.03 bits per heavy atom. The molecule has 0 aliphatic heterocycles. The molecule has 160 valence electrons. The van der Waals surface area contributed by atoms with E-state index in [4.69, 9.17) is 4.98 Å². The molecule has 0 fully saturated rings. The lowest BCUT2D eigenvalue weighted by molar-refractivity contribution is 0.325. The maximum atomic E-state index is 4.84. The molecule has 0 aliphatic carbocycles. The smallest absolute Gasteiger partial charge is 0.172 e. The first-order valence-electron chi connectivity index (χ1n) is 10.6. The Bertz CT molecular complexity index is 1180. The number of nitrogens with one attached hydrogen (secondary N) is 1. The van der Waals surface area contributed by atoms with Gasteiger partial charge >= 0.3 is 0 Å². The van der Waals surface area contributed by atoms with Gasteiger partial charge < -0.3 is 10.2 Å². The molecule has 4 rings (SSSR count). The molecule has 0 unspecified atom stereocenters. The number of aryl methyl sites for hydroxylation is 2. The third kappa shape index (κ3) is 4.97. The Labute approximate surface area is 192 Å². The van der Waals surface area contributed by atoms with Gasteiger partial charge in [-0.25, -0.2) is 4.98 Å². The van der Waals surface area contributed by atoms with Crippen LogP contribution in [0.1, 0.15) is 23.1 Å². The predicted octanol–water partition coefficient (Wildman–Crippen LogP) is 5.71. The minimum absolute atomic E-state index is 0.819. The molecular formula is C25H28BrN5. The second kappa shape index (κ2) is 9.62. The summed E-state index contributed by atoms with van der Waals surface area (Å²) < 4.78 is 2.76. The molecule has 4 aromatic rings. The minimum Gasteiger partial charge on any atom is -0.370 e. The summed E-state index contributed by atoms with van der Waals surface area (Å²) in [6.07, 6.45) is 2.83. The molecule has 0 amide bonds. The average molecular weight is 478 g/mol. The van der Waals surface area contributed by atoms with Gasteiger partial charge in [-0.2, -0.15) is 9.61 Å². The van der Waals surface area contributed by atoms with Gasteiger partial charge in [-0.3, -0.25) is 0 Å². The Morgan fingerprint density at radius 2 is 1.77 bits per heavy atom. The summed E-state index contributed by atoms with van der Waals surface area (Å²) in [4.78, 5) is 7.21. The fraction of sp³-hybridized carbons (Fsp3) is 0.280. The van der Waals surface area contributed by atoms with E-state index in [0.717, 1.165) is 53.3 Å². The van der Waals surface area contributed by atoms with Crippen molar-refractivity contribution in [3.8, 4) is 11.3 Å². The van der Waals surface area contributed by atoms with Crippen LogP contribution < -0.4 is 5.32 Å². The Kier molecular flexibility index (Phi) is 6.68. The fourth-order valence-corrected chi connectivity index (χ4v) is 4.13. The summed E-state index contributed by atoms with van der Waals surface area (Å²) in [5.41, 5.74) is 6.85. The van der Waals surface area contributed by atoms with Crippen LogP contribution in [0.4, 0.5) is 5.82 Å². The van der Waals surface area contributed by atoms with E-state index in [1.807, 2.05) is 4.52 Å². The van der Waals surface area contributed by atoms with Gasteiger partial charge in [-0.15, -0.1) is 0 Å². The van der Waals surface area contributed by atoms with E-state index < -0.39 is 0 Å². The van der Waals surface area contributed by atoms with Gasteiger partial charge in [0.25, 0.3) is 0 Å². The first-order valence-corrected chi connectivity index (χ1v) is 11.4. The largest absolute Gasteiger partial charge is 0.370 e. The zero-order valence-corrected chi connectivity index (χ0v) is 19.9. The van der Waals surface area contributed by atoms with Crippen LogP contribution in [0.3, 0.4) is 0 Å². The van der Waals surface area contributed by atoms with E-state index >= 15 is 0 Å². The van der Waals surface area contributed by atoms with Gasteiger partial charge in [0, 0.05) is 24.7 Å². The van der Waals surface area contributed by atoms with Crippen LogP contribution in [0.5, 0.6) is 0 Å². The van der Waals surface area contributed by atoms with E-state index in [2.05, 4.69) is 107 Å². The number of rotatable bonds is 8. The van der Waals surface area contributed by atoms with Gasteiger partial charge in [0.2, 0.25) is 0 Å². The first-order chi connectivity index (χ1) is 15.0. The van der Waals surface area contributed by atoms with Crippen molar-refractivity contribution in [3.63, 3.8) is 0 Å². The van der Waals surface area contributed by atoms with E-state index in [9.17, 15) is 0 Å². The van der Waals surface area contributed by atoms with Crippen molar-refractivity contribution in [2.45, 2.75) is 26.8 Å². The van der Waals surface area contributed by atoms with Crippen molar-refractivity contribution in [1.82, 2.24) is 19.5 Å². The van der Waals surface area contributed by atoms with Gasteiger partial charge in [0.15, 0.2) is 5.65 Å². The quantitative estimate of drug-likeness (QED) is 0.330. The third-order valence-corrected chi connectivity index (χ3v) is 6.13. The Morgan fingerprint density at radius 3 is 2.55 bits per heavy atom. The van der Waals surface area contributed by atoms with E-state index in [-0.39, 0.29) is 0 Å². The summed E-state index contributed by atoms with van der Waals surface area (Å²) in [6, 6.07) is 19.0. The molecular weight excluding hydrogens is 450 g/mol. The van der Waals surface area contributed by atoms with Crippen molar-refractivity contribution >= 4 is 27.4 Å². The number of fused-ring (bicyclic) bond motifs is 1. The molecule has 5 nitrogen and oxygen atoms in total. The highest BCUT2D eigenvalue weighted by molar-refractivity contribution is 9.10. The zero-order valence-electron chi connectivity index (χ0n) is 18.3.